The minimum atomic E-state index is -5.14. The summed E-state index contributed by atoms with van der Waals surface area (Å²) in [5, 5.41) is 0. The molecule has 0 saturated heterocycles. The van der Waals surface area contributed by atoms with Crippen LogP contribution in [0.5, 0.6) is 17.2 Å². The Morgan fingerprint density at radius 2 is 0.714 bits per heavy atom. The van der Waals surface area contributed by atoms with E-state index in [1.54, 1.807) is 0 Å². The van der Waals surface area contributed by atoms with Crippen molar-refractivity contribution >= 4 is 67.0 Å². The molecule has 0 radical (unpaired) electrons. The Morgan fingerprint density at radius 3 is 0.943 bits per heavy atom. The maximum absolute atomic E-state index is 13.8. The molecule has 17 heteroatoms. The summed E-state index contributed by atoms with van der Waals surface area (Å²) in [6.07, 6.45) is 0. The van der Waals surface area contributed by atoms with Gasteiger partial charge in [-0.3, -0.25) is 0 Å². The maximum Gasteiger partial charge on any atom is 0.647 e. The molecule has 0 spiro atoms. The fourth-order valence-corrected chi connectivity index (χ4v) is 7.02. The zero-order chi connectivity index (χ0) is 26.1. The predicted octanol–water partition coefficient (Wildman–Crippen LogP) is 5.11. The summed E-state index contributed by atoms with van der Waals surface area (Å²) in [6.45, 7) is 0. The second kappa shape index (κ2) is 10.2. The first-order valence-corrected chi connectivity index (χ1v) is 17.3. The molecule has 0 aliphatic heterocycles. The molecule has 0 N–H and O–H groups in total. The van der Waals surface area contributed by atoms with Crippen LogP contribution in [0, 0.1) is 0 Å². The molecule has 0 aliphatic rings. The van der Waals surface area contributed by atoms with E-state index in [4.69, 9.17) is 45.6 Å². The molecule has 0 aromatic heterocycles. The molecular formula is C18H12Cl3O10PS3. The van der Waals surface area contributed by atoms with Crippen LogP contribution in [0.25, 0.3) is 0 Å². The summed E-state index contributed by atoms with van der Waals surface area (Å²) in [6, 6.07) is 14.0. The van der Waals surface area contributed by atoms with Gasteiger partial charge in [0, 0.05) is 32.0 Å². The van der Waals surface area contributed by atoms with E-state index in [9.17, 15) is 29.8 Å². The minimum Gasteiger partial charge on any atom is -0.384 e. The molecule has 35 heavy (non-hydrogen) atoms. The van der Waals surface area contributed by atoms with Gasteiger partial charge in [-0.15, -0.1) is 0 Å². The van der Waals surface area contributed by atoms with Crippen molar-refractivity contribution in [2.45, 2.75) is 14.7 Å². The van der Waals surface area contributed by atoms with E-state index >= 15 is 0 Å². The summed E-state index contributed by atoms with van der Waals surface area (Å²) in [5.41, 5.74) is 0. The van der Waals surface area contributed by atoms with E-state index < -0.39 is 66.9 Å². The van der Waals surface area contributed by atoms with Crippen molar-refractivity contribution in [2.75, 3.05) is 0 Å². The van der Waals surface area contributed by atoms with Crippen LogP contribution in [0.3, 0.4) is 0 Å². The van der Waals surface area contributed by atoms with Gasteiger partial charge in [0.25, 0.3) is 27.2 Å². The molecular weight excluding hydrogens is 610 g/mol. The van der Waals surface area contributed by atoms with Crippen molar-refractivity contribution in [3.05, 3.63) is 72.8 Å². The number of phosphoric ester groups is 1. The Morgan fingerprint density at radius 1 is 0.486 bits per heavy atom. The topological polar surface area (TPSA) is 147 Å². The number of rotatable bonds is 9. The first-order valence-electron chi connectivity index (χ1n) is 8.90. The Labute approximate surface area is 214 Å². The summed E-state index contributed by atoms with van der Waals surface area (Å²) in [5.74, 6) is -1.82. The van der Waals surface area contributed by atoms with Gasteiger partial charge in [-0.25, -0.2) is 25.3 Å². The van der Waals surface area contributed by atoms with E-state index in [2.05, 4.69) is 0 Å². The van der Waals surface area contributed by atoms with Crippen LogP contribution < -0.4 is 13.6 Å². The molecule has 0 heterocycles. The highest BCUT2D eigenvalue weighted by Gasteiger charge is 2.38. The number of hydrogen-bond acceptors (Lipinski definition) is 10. The van der Waals surface area contributed by atoms with Crippen molar-refractivity contribution in [2.24, 2.45) is 0 Å². The van der Waals surface area contributed by atoms with Crippen molar-refractivity contribution in [3.63, 3.8) is 0 Å². The van der Waals surface area contributed by atoms with Gasteiger partial charge >= 0.3 is 7.82 Å². The molecule has 0 bridgehead atoms. The third-order valence-electron chi connectivity index (χ3n) is 3.97. The number of phosphoric acid groups is 1. The van der Waals surface area contributed by atoms with Gasteiger partial charge in [0.1, 0.15) is 14.7 Å². The zero-order valence-electron chi connectivity index (χ0n) is 16.8. The molecule has 0 aliphatic carbocycles. The standard InChI is InChI=1S/C18H12Cl3O10PS3/c19-33(23,24)16-10-4-1-7-13(16)29-32(22,30-14-8-2-5-11-17(14)34(20,25)26)31-15-9-3-6-12-18(15)35(21,27)28/h1-12H. The van der Waals surface area contributed by atoms with Crippen LogP contribution in [0.2, 0.25) is 0 Å². The molecule has 3 aromatic rings. The second-order valence-electron chi connectivity index (χ2n) is 6.37. The number of benzene rings is 3. The molecule has 0 fully saturated rings. The maximum atomic E-state index is 13.8. The van der Waals surface area contributed by atoms with Crippen LogP contribution in [-0.4, -0.2) is 25.3 Å². The molecule has 10 nitrogen and oxygen atoms in total. The fourth-order valence-electron chi connectivity index (χ4n) is 2.60. The van der Waals surface area contributed by atoms with Crippen molar-refractivity contribution in [1.82, 2.24) is 0 Å². The fraction of sp³-hybridized carbons (Fsp3) is 0. The highest BCUT2D eigenvalue weighted by Crippen LogP contribution is 2.53. The Bertz CT molecular complexity index is 1450. The quantitative estimate of drug-likeness (QED) is 0.233. The van der Waals surface area contributed by atoms with Gasteiger partial charge in [-0.05, 0) is 36.4 Å². The molecule has 188 valence electrons. The van der Waals surface area contributed by atoms with Crippen LogP contribution in [0.1, 0.15) is 0 Å². The third kappa shape index (κ3) is 7.04. The minimum absolute atomic E-state index is 0.608. The smallest absolute Gasteiger partial charge is 0.384 e. The summed E-state index contributed by atoms with van der Waals surface area (Å²) in [7, 11) is -2.21. The lowest BCUT2D eigenvalue weighted by atomic mass is 10.3. The Kier molecular flexibility index (Phi) is 8.02. The lowest BCUT2D eigenvalue weighted by Crippen LogP contribution is -2.11. The molecule has 0 saturated carbocycles. The molecule has 3 rings (SSSR count). The van der Waals surface area contributed by atoms with E-state index in [1.807, 2.05) is 0 Å². The van der Waals surface area contributed by atoms with E-state index in [1.165, 1.54) is 36.4 Å². The summed E-state index contributed by atoms with van der Waals surface area (Å²) >= 11 is 0. The van der Waals surface area contributed by atoms with Crippen LogP contribution in [0.15, 0.2) is 87.5 Å². The highest BCUT2D eigenvalue weighted by molar-refractivity contribution is 8.14. The van der Waals surface area contributed by atoms with Crippen molar-refractivity contribution in [3.8, 4) is 17.2 Å². The molecule has 0 atom stereocenters. The Balaban J connectivity index is 2.20. The highest BCUT2D eigenvalue weighted by atomic mass is 35.7. The van der Waals surface area contributed by atoms with Gasteiger partial charge in [0.05, 0.1) is 0 Å². The van der Waals surface area contributed by atoms with Gasteiger partial charge < -0.3 is 13.6 Å². The lowest BCUT2D eigenvalue weighted by molar-refractivity contribution is 0.291. The number of hydrogen-bond donors (Lipinski definition) is 0. The van der Waals surface area contributed by atoms with Gasteiger partial charge in [-0.2, -0.15) is 4.57 Å². The first-order chi connectivity index (χ1) is 16.1. The van der Waals surface area contributed by atoms with Crippen LogP contribution >= 0.6 is 39.9 Å². The largest absolute Gasteiger partial charge is 0.647 e. The monoisotopic (exact) mass is 620 g/mol. The molecule has 0 amide bonds. The number of halogens is 3. The predicted molar refractivity (Wildman–Crippen MR) is 128 cm³/mol. The third-order valence-corrected chi connectivity index (χ3v) is 9.31. The summed E-state index contributed by atoms with van der Waals surface area (Å²) < 4.78 is 101. The number of para-hydroxylation sites is 3. The van der Waals surface area contributed by atoms with E-state index in [-0.39, 0.29) is 0 Å². The average molecular weight is 622 g/mol. The van der Waals surface area contributed by atoms with Crippen LogP contribution in [-0.2, 0) is 31.7 Å². The SMILES string of the molecule is O=P(Oc1ccccc1S(=O)(=O)Cl)(Oc1ccccc1S(=O)(=O)Cl)Oc1ccccc1S(=O)(=O)Cl. The average Bonchev–Trinajstić information content (AvgIpc) is 2.72. The van der Waals surface area contributed by atoms with E-state index in [0.717, 1.165) is 36.4 Å². The van der Waals surface area contributed by atoms with Crippen molar-refractivity contribution in [1.29, 1.82) is 0 Å². The van der Waals surface area contributed by atoms with Crippen LogP contribution in [0.4, 0.5) is 0 Å². The van der Waals surface area contributed by atoms with E-state index in [0.29, 0.717) is 0 Å². The van der Waals surface area contributed by atoms with Gasteiger partial charge in [0.2, 0.25) is 0 Å². The zero-order valence-corrected chi connectivity index (χ0v) is 22.4. The van der Waals surface area contributed by atoms with Crippen molar-refractivity contribution < 1.29 is 43.4 Å². The molecule has 3 aromatic carbocycles. The van der Waals surface area contributed by atoms with Gasteiger partial charge in [0.15, 0.2) is 17.2 Å². The van der Waals surface area contributed by atoms with Gasteiger partial charge in [-0.1, -0.05) is 36.4 Å². The lowest BCUT2D eigenvalue weighted by Gasteiger charge is -2.21. The molecule has 0 unspecified atom stereocenters. The second-order valence-corrected chi connectivity index (χ2v) is 15.4. The first kappa shape index (κ1) is 27.6. The summed E-state index contributed by atoms with van der Waals surface area (Å²) in [4.78, 5) is -1.90. The Hall–Kier alpha value is -1.99. The normalized spacial score (nSPS) is 12.7.